The van der Waals surface area contributed by atoms with Gasteiger partial charge in [-0.3, -0.25) is 4.79 Å². The van der Waals surface area contributed by atoms with Gasteiger partial charge in [-0.2, -0.15) is 0 Å². The number of ether oxygens (including phenoxy) is 1. The van der Waals surface area contributed by atoms with Gasteiger partial charge in [-0.05, 0) is 24.6 Å². The van der Waals surface area contributed by atoms with E-state index in [0.717, 1.165) is 11.8 Å². The van der Waals surface area contributed by atoms with Gasteiger partial charge in [-0.15, -0.1) is 0 Å². The van der Waals surface area contributed by atoms with E-state index >= 15 is 0 Å². The Bertz CT molecular complexity index is 497. The van der Waals surface area contributed by atoms with Crippen molar-refractivity contribution in [2.24, 2.45) is 0 Å². The smallest absolute Gasteiger partial charge is 0.149 e. The maximum atomic E-state index is 10.9. The minimum atomic E-state index is -0.546. The summed E-state index contributed by atoms with van der Waals surface area (Å²) in [6.07, 6.45) is 10.1. The molecule has 1 unspecified atom stereocenters. The van der Waals surface area contributed by atoms with Crippen LogP contribution >= 0.6 is 0 Å². The molecule has 0 saturated heterocycles. The molecule has 2 nitrogen and oxygen atoms in total. The Balaban J connectivity index is 2.10. The molecule has 0 N–H and O–H groups in total. The summed E-state index contributed by atoms with van der Waals surface area (Å²) in [6.45, 7) is 2.47. The molecule has 0 fully saturated rings. The average molecular weight is 240 g/mol. The van der Waals surface area contributed by atoms with Crippen molar-refractivity contribution < 1.29 is 9.53 Å². The molecule has 92 valence electrons. The Labute approximate surface area is 107 Å². The largest absolute Gasteiger partial charge is 0.362 e. The van der Waals surface area contributed by atoms with Crippen LogP contribution in [-0.4, -0.2) is 11.9 Å². The zero-order chi connectivity index (χ0) is 12.8. The lowest BCUT2D eigenvalue weighted by Crippen LogP contribution is -2.23. The molecule has 0 spiro atoms. The van der Waals surface area contributed by atoms with Crippen molar-refractivity contribution in [1.82, 2.24) is 0 Å². The van der Waals surface area contributed by atoms with E-state index in [-0.39, 0.29) is 0 Å². The normalized spacial score (nSPS) is 22.4. The molecule has 0 saturated carbocycles. The van der Waals surface area contributed by atoms with Gasteiger partial charge in [0.05, 0.1) is 6.61 Å². The first kappa shape index (κ1) is 12.5. The van der Waals surface area contributed by atoms with Crippen LogP contribution in [0.1, 0.15) is 12.5 Å². The zero-order valence-electron chi connectivity index (χ0n) is 10.4. The fraction of sp³-hybridized carbons (Fsp3) is 0.188. The summed E-state index contributed by atoms with van der Waals surface area (Å²) in [5.41, 5.74) is 1.20. The molecule has 1 atom stereocenters. The van der Waals surface area contributed by atoms with Crippen LogP contribution in [0.3, 0.4) is 0 Å². The summed E-state index contributed by atoms with van der Waals surface area (Å²) in [7, 11) is 0. The number of carbonyl (C=O) groups excluding carboxylic acids is 1. The molecule has 0 radical (unpaired) electrons. The van der Waals surface area contributed by atoms with Crippen LogP contribution in [0.2, 0.25) is 0 Å². The third-order valence-electron chi connectivity index (χ3n) is 2.81. The van der Waals surface area contributed by atoms with Gasteiger partial charge in [-0.1, -0.05) is 48.6 Å². The second-order valence-corrected chi connectivity index (χ2v) is 4.44. The summed E-state index contributed by atoms with van der Waals surface area (Å²) >= 11 is 0. The third kappa shape index (κ3) is 3.28. The third-order valence-corrected chi connectivity index (χ3v) is 2.81. The van der Waals surface area contributed by atoms with Crippen LogP contribution in [0.15, 0.2) is 66.3 Å². The Morgan fingerprint density at radius 3 is 2.72 bits per heavy atom. The standard InChI is InChI=1S/C16H16O2/c1-16(10-6-5-9-15(11-16)12-17)18-13-14-7-3-2-4-8-14/h2-12H,13H2,1H3. The average Bonchev–Trinajstić information content (AvgIpc) is 2.60. The van der Waals surface area contributed by atoms with Crippen LogP contribution in [0.25, 0.3) is 0 Å². The highest BCUT2D eigenvalue weighted by Crippen LogP contribution is 2.21. The van der Waals surface area contributed by atoms with E-state index in [9.17, 15) is 4.79 Å². The van der Waals surface area contributed by atoms with Gasteiger partial charge >= 0.3 is 0 Å². The number of rotatable bonds is 4. The molecule has 1 aromatic carbocycles. The van der Waals surface area contributed by atoms with E-state index in [2.05, 4.69) is 0 Å². The number of allylic oxidation sites excluding steroid dienone is 4. The summed E-state index contributed by atoms with van der Waals surface area (Å²) in [5, 5.41) is 0. The molecule has 0 aliphatic heterocycles. The molecule has 2 heteroatoms. The van der Waals surface area contributed by atoms with Crippen LogP contribution in [0.4, 0.5) is 0 Å². The fourth-order valence-electron chi connectivity index (χ4n) is 1.82. The molecule has 18 heavy (non-hydrogen) atoms. The van der Waals surface area contributed by atoms with E-state index in [4.69, 9.17) is 4.74 Å². The van der Waals surface area contributed by atoms with Crippen molar-refractivity contribution >= 4 is 6.29 Å². The number of hydrogen-bond acceptors (Lipinski definition) is 2. The van der Waals surface area contributed by atoms with E-state index in [1.807, 2.05) is 61.6 Å². The van der Waals surface area contributed by atoms with Gasteiger partial charge in [0.25, 0.3) is 0 Å². The zero-order valence-corrected chi connectivity index (χ0v) is 10.4. The molecule has 1 aliphatic carbocycles. The van der Waals surface area contributed by atoms with Crippen molar-refractivity contribution in [2.75, 3.05) is 0 Å². The van der Waals surface area contributed by atoms with E-state index in [1.165, 1.54) is 0 Å². The summed E-state index contributed by atoms with van der Waals surface area (Å²) in [6, 6.07) is 9.99. The monoisotopic (exact) mass is 240 g/mol. The summed E-state index contributed by atoms with van der Waals surface area (Å²) in [4.78, 5) is 10.9. The van der Waals surface area contributed by atoms with Gasteiger partial charge in [0.15, 0.2) is 0 Å². The van der Waals surface area contributed by atoms with Crippen LogP contribution in [0, 0.1) is 0 Å². The van der Waals surface area contributed by atoms with Gasteiger partial charge in [0.2, 0.25) is 0 Å². The number of carbonyl (C=O) groups is 1. The maximum Gasteiger partial charge on any atom is 0.149 e. The molecule has 1 aliphatic rings. The molecule has 0 heterocycles. The summed E-state index contributed by atoms with van der Waals surface area (Å²) in [5.74, 6) is 0. The van der Waals surface area contributed by atoms with Crippen molar-refractivity contribution in [3.63, 3.8) is 0 Å². The molecule has 0 amide bonds. The predicted octanol–water partition coefficient (Wildman–Crippen LogP) is 3.21. The minimum absolute atomic E-state index is 0.518. The number of benzene rings is 1. The second-order valence-electron chi connectivity index (χ2n) is 4.44. The van der Waals surface area contributed by atoms with E-state index < -0.39 is 5.60 Å². The second kappa shape index (κ2) is 5.61. The highest BCUT2D eigenvalue weighted by atomic mass is 16.5. The predicted molar refractivity (Wildman–Crippen MR) is 72.1 cm³/mol. The highest BCUT2D eigenvalue weighted by molar-refractivity contribution is 5.78. The maximum absolute atomic E-state index is 10.9. The van der Waals surface area contributed by atoms with Crippen LogP contribution < -0.4 is 0 Å². The van der Waals surface area contributed by atoms with E-state index in [1.54, 1.807) is 6.08 Å². The first-order valence-electron chi connectivity index (χ1n) is 5.94. The fourth-order valence-corrected chi connectivity index (χ4v) is 1.82. The Kier molecular flexibility index (Phi) is 3.90. The Morgan fingerprint density at radius 1 is 1.22 bits per heavy atom. The van der Waals surface area contributed by atoms with Crippen molar-refractivity contribution in [3.8, 4) is 0 Å². The lowest BCUT2D eigenvalue weighted by molar-refractivity contribution is -0.104. The van der Waals surface area contributed by atoms with Crippen LogP contribution in [-0.2, 0) is 16.1 Å². The highest BCUT2D eigenvalue weighted by Gasteiger charge is 2.20. The molecule has 1 aromatic rings. The van der Waals surface area contributed by atoms with Gasteiger partial charge < -0.3 is 4.74 Å². The van der Waals surface area contributed by atoms with Gasteiger partial charge in [0, 0.05) is 5.57 Å². The molecule has 2 rings (SSSR count). The Morgan fingerprint density at radius 2 is 2.00 bits per heavy atom. The first-order chi connectivity index (χ1) is 8.72. The lowest BCUT2D eigenvalue weighted by Gasteiger charge is -2.23. The lowest BCUT2D eigenvalue weighted by atomic mass is 10.0. The molecular formula is C16H16O2. The number of hydrogen-bond donors (Lipinski definition) is 0. The van der Waals surface area contributed by atoms with Crippen LogP contribution in [0.5, 0.6) is 0 Å². The Hall–Kier alpha value is -1.93. The van der Waals surface area contributed by atoms with Crippen molar-refractivity contribution in [3.05, 3.63) is 71.8 Å². The van der Waals surface area contributed by atoms with E-state index in [0.29, 0.717) is 12.2 Å². The van der Waals surface area contributed by atoms with Gasteiger partial charge in [-0.25, -0.2) is 0 Å². The topological polar surface area (TPSA) is 26.3 Å². The van der Waals surface area contributed by atoms with Crippen molar-refractivity contribution in [2.45, 2.75) is 19.1 Å². The molecule has 0 bridgehead atoms. The molecule has 0 aromatic heterocycles. The number of aldehydes is 1. The van der Waals surface area contributed by atoms with Crippen molar-refractivity contribution in [1.29, 1.82) is 0 Å². The summed E-state index contributed by atoms with van der Waals surface area (Å²) < 4.78 is 5.91. The quantitative estimate of drug-likeness (QED) is 0.755. The first-order valence-corrected chi connectivity index (χ1v) is 5.94. The van der Waals surface area contributed by atoms with Gasteiger partial charge in [0.1, 0.15) is 11.9 Å². The minimum Gasteiger partial charge on any atom is -0.362 e. The molecular weight excluding hydrogens is 224 g/mol. The SMILES string of the molecule is CC1(OCc2ccccc2)C=CC=CC(C=O)=C1.